The number of rotatable bonds is 6. The average Bonchev–Trinajstić information content (AvgIpc) is 3.37. The maximum absolute atomic E-state index is 13.0. The molecule has 0 saturated heterocycles. The molecule has 150 valence electrons. The van der Waals surface area contributed by atoms with Crippen molar-refractivity contribution in [3.63, 3.8) is 0 Å². The number of aromatic nitrogens is 5. The van der Waals surface area contributed by atoms with Crippen molar-refractivity contribution in [2.75, 3.05) is 5.32 Å². The third-order valence-corrected chi connectivity index (χ3v) is 5.44. The summed E-state index contributed by atoms with van der Waals surface area (Å²) in [5.74, 6) is 1.67. The monoisotopic (exact) mass is 398 g/mol. The Labute approximate surface area is 174 Å². The second-order valence-corrected chi connectivity index (χ2v) is 7.57. The summed E-state index contributed by atoms with van der Waals surface area (Å²) in [7, 11) is 0. The van der Waals surface area contributed by atoms with E-state index in [0.29, 0.717) is 17.6 Å². The normalized spacial score (nSPS) is 14.4. The maximum atomic E-state index is 13.0. The molecular formula is C23H22N6O. The van der Waals surface area contributed by atoms with Crippen molar-refractivity contribution in [3.05, 3.63) is 78.8 Å². The topological polar surface area (TPSA) is 77.6 Å². The highest BCUT2D eigenvalue weighted by atomic mass is 16.2. The maximum Gasteiger partial charge on any atom is 0.296 e. The SMILES string of the molecule is CC(C1CC1)n1nccc1NC(=O)c1nc(-c2ccccc2)n(-c2ccccc2)n1. The van der Waals surface area contributed by atoms with Gasteiger partial charge in [-0.3, -0.25) is 4.79 Å². The molecule has 4 aromatic rings. The molecule has 0 spiro atoms. The first kappa shape index (κ1) is 18.3. The average molecular weight is 398 g/mol. The largest absolute Gasteiger partial charge is 0.304 e. The van der Waals surface area contributed by atoms with Crippen LogP contribution in [0.25, 0.3) is 17.1 Å². The second-order valence-electron chi connectivity index (χ2n) is 7.57. The summed E-state index contributed by atoms with van der Waals surface area (Å²) in [5, 5.41) is 11.9. The minimum absolute atomic E-state index is 0.115. The van der Waals surface area contributed by atoms with Crippen LogP contribution in [0.4, 0.5) is 5.82 Å². The lowest BCUT2D eigenvalue weighted by Crippen LogP contribution is -2.19. The molecule has 1 aliphatic rings. The molecule has 2 aromatic heterocycles. The molecule has 30 heavy (non-hydrogen) atoms. The number of nitrogens with one attached hydrogen (secondary N) is 1. The molecule has 2 aromatic carbocycles. The van der Waals surface area contributed by atoms with Gasteiger partial charge in [0.05, 0.1) is 17.9 Å². The quantitative estimate of drug-likeness (QED) is 0.524. The minimum Gasteiger partial charge on any atom is -0.304 e. The molecule has 1 saturated carbocycles. The smallest absolute Gasteiger partial charge is 0.296 e. The fourth-order valence-corrected chi connectivity index (χ4v) is 3.62. The van der Waals surface area contributed by atoms with Crippen molar-refractivity contribution in [2.24, 2.45) is 5.92 Å². The number of hydrogen-bond donors (Lipinski definition) is 1. The Morgan fingerprint density at radius 2 is 1.73 bits per heavy atom. The van der Waals surface area contributed by atoms with E-state index >= 15 is 0 Å². The van der Waals surface area contributed by atoms with Crippen LogP contribution in [0, 0.1) is 5.92 Å². The van der Waals surface area contributed by atoms with E-state index in [1.807, 2.05) is 71.4 Å². The van der Waals surface area contributed by atoms with Gasteiger partial charge in [-0.15, -0.1) is 5.10 Å². The van der Waals surface area contributed by atoms with Crippen LogP contribution in [0.5, 0.6) is 0 Å². The summed E-state index contributed by atoms with van der Waals surface area (Å²) in [6, 6.07) is 21.5. The fourth-order valence-electron chi connectivity index (χ4n) is 3.62. The summed E-state index contributed by atoms with van der Waals surface area (Å²) < 4.78 is 3.58. The lowest BCUT2D eigenvalue weighted by molar-refractivity contribution is 0.101. The Bertz CT molecular complexity index is 1100. The van der Waals surface area contributed by atoms with E-state index < -0.39 is 0 Å². The summed E-state index contributed by atoms with van der Waals surface area (Å²) >= 11 is 0. The van der Waals surface area contributed by atoms with Crippen LogP contribution in [0.15, 0.2) is 72.9 Å². The molecule has 2 heterocycles. The summed E-state index contributed by atoms with van der Waals surface area (Å²) in [6.07, 6.45) is 4.12. The van der Waals surface area contributed by atoms with Gasteiger partial charge in [-0.1, -0.05) is 48.5 Å². The Balaban J connectivity index is 1.48. The predicted molar refractivity (Wildman–Crippen MR) is 114 cm³/mol. The van der Waals surface area contributed by atoms with Crippen molar-refractivity contribution < 1.29 is 4.79 Å². The van der Waals surface area contributed by atoms with Gasteiger partial charge in [0, 0.05) is 11.6 Å². The first-order valence-corrected chi connectivity index (χ1v) is 10.1. The van der Waals surface area contributed by atoms with Gasteiger partial charge in [-0.05, 0) is 37.8 Å². The van der Waals surface area contributed by atoms with Crippen molar-refractivity contribution in [2.45, 2.75) is 25.8 Å². The number of carbonyl (C=O) groups excluding carboxylic acids is 1. The Morgan fingerprint density at radius 3 is 2.43 bits per heavy atom. The van der Waals surface area contributed by atoms with Gasteiger partial charge >= 0.3 is 0 Å². The molecule has 0 aliphatic heterocycles. The second kappa shape index (κ2) is 7.59. The molecule has 7 nitrogen and oxygen atoms in total. The van der Waals surface area contributed by atoms with Crippen LogP contribution in [0.3, 0.4) is 0 Å². The third kappa shape index (κ3) is 3.50. The van der Waals surface area contributed by atoms with Gasteiger partial charge in [0.15, 0.2) is 5.82 Å². The van der Waals surface area contributed by atoms with Gasteiger partial charge in [0.2, 0.25) is 5.82 Å². The van der Waals surface area contributed by atoms with Gasteiger partial charge in [-0.25, -0.2) is 14.3 Å². The lowest BCUT2D eigenvalue weighted by atomic mass is 10.2. The van der Waals surface area contributed by atoms with Crippen molar-refractivity contribution >= 4 is 11.7 Å². The molecule has 0 radical (unpaired) electrons. The molecule has 0 bridgehead atoms. The van der Waals surface area contributed by atoms with Crippen LogP contribution in [-0.2, 0) is 0 Å². The number of hydrogen-bond acceptors (Lipinski definition) is 4. The molecular weight excluding hydrogens is 376 g/mol. The van der Waals surface area contributed by atoms with Crippen molar-refractivity contribution in [1.82, 2.24) is 24.5 Å². The minimum atomic E-state index is -0.355. The van der Waals surface area contributed by atoms with Gasteiger partial charge in [0.1, 0.15) is 5.82 Å². The van der Waals surface area contributed by atoms with Crippen molar-refractivity contribution in [3.8, 4) is 17.1 Å². The van der Waals surface area contributed by atoms with Crippen LogP contribution < -0.4 is 5.32 Å². The zero-order valence-corrected chi connectivity index (χ0v) is 16.6. The third-order valence-electron chi connectivity index (χ3n) is 5.44. The number of anilines is 1. The molecule has 7 heteroatoms. The van der Waals surface area contributed by atoms with E-state index in [9.17, 15) is 4.79 Å². The summed E-state index contributed by atoms with van der Waals surface area (Å²) in [6.45, 7) is 2.14. The Hall–Kier alpha value is -3.74. The summed E-state index contributed by atoms with van der Waals surface area (Å²) in [4.78, 5) is 17.6. The first-order chi connectivity index (χ1) is 14.7. The summed E-state index contributed by atoms with van der Waals surface area (Å²) in [5.41, 5.74) is 1.73. The zero-order chi connectivity index (χ0) is 20.5. The van der Waals surface area contributed by atoms with E-state index in [2.05, 4.69) is 27.4 Å². The fraction of sp³-hybridized carbons (Fsp3) is 0.217. The molecule has 5 rings (SSSR count). The zero-order valence-electron chi connectivity index (χ0n) is 16.6. The van der Waals surface area contributed by atoms with Gasteiger partial charge in [0.25, 0.3) is 5.91 Å². The van der Waals surface area contributed by atoms with Crippen molar-refractivity contribution in [1.29, 1.82) is 0 Å². The van der Waals surface area contributed by atoms with E-state index in [4.69, 9.17) is 0 Å². The molecule has 1 aliphatic carbocycles. The van der Waals surface area contributed by atoms with E-state index in [1.54, 1.807) is 10.9 Å². The number of benzene rings is 2. The predicted octanol–water partition coefficient (Wildman–Crippen LogP) is 4.35. The van der Waals surface area contributed by atoms with E-state index in [-0.39, 0.29) is 17.8 Å². The molecule has 1 N–H and O–H groups in total. The molecule has 1 unspecified atom stereocenters. The molecule has 1 amide bonds. The first-order valence-electron chi connectivity index (χ1n) is 10.1. The highest BCUT2D eigenvalue weighted by Gasteiger charge is 2.31. The Kier molecular flexibility index (Phi) is 4.63. The lowest BCUT2D eigenvalue weighted by Gasteiger charge is -2.14. The number of carbonyl (C=O) groups is 1. The number of para-hydroxylation sites is 1. The molecule has 1 fully saturated rings. The van der Waals surface area contributed by atoms with E-state index in [0.717, 1.165) is 11.3 Å². The number of nitrogens with zero attached hydrogens (tertiary/aromatic N) is 5. The van der Waals surface area contributed by atoms with Gasteiger partial charge in [-0.2, -0.15) is 5.10 Å². The van der Waals surface area contributed by atoms with Crippen LogP contribution in [0.1, 0.15) is 36.4 Å². The van der Waals surface area contributed by atoms with Gasteiger partial charge < -0.3 is 5.32 Å². The van der Waals surface area contributed by atoms with Crippen LogP contribution in [-0.4, -0.2) is 30.5 Å². The van der Waals surface area contributed by atoms with E-state index in [1.165, 1.54) is 12.8 Å². The van der Waals surface area contributed by atoms with Crippen LogP contribution >= 0.6 is 0 Å². The highest BCUT2D eigenvalue weighted by molar-refractivity contribution is 6.01. The Morgan fingerprint density at radius 1 is 1.03 bits per heavy atom. The highest BCUT2D eigenvalue weighted by Crippen LogP contribution is 2.40. The molecule has 1 atom stereocenters. The van der Waals surface area contributed by atoms with Crippen LogP contribution in [0.2, 0.25) is 0 Å². The standard InChI is InChI=1S/C23H22N6O/c1-16(17-12-13-17)28-20(14-15-24-28)25-23(30)21-26-22(18-8-4-2-5-9-18)29(27-21)19-10-6-3-7-11-19/h2-11,14-17H,12-13H2,1H3,(H,25,30). The number of amides is 1.